The molecule has 7 heavy (non-hydrogen) atoms. The monoisotopic (exact) mass is 129 g/mol. The van der Waals surface area contributed by atoms with Crippen LogP contribution >= 0.6 is 15.1 Å². The average Bonchev–Trinajstić information content (AvgIpc) is 2.22. The molecule has 0 aromatic heterocycles. The average molecular weight is 129 g/mol. The van der Waals surface area contributed by atoms with Crippen molar-refractivity contribution in [1.29, 1.82) is 0 Å². The van der Waals surface area contributed by atoms with Gasteiger partial charge in [0.05, 0.1) is 0 Å². The lowest BCUT2D eigenvalue weighted by Gasteiger charge is -1.77. The van der Waals surface area contributed by atoms with Gasteiger partial charge in [-0.2, -0.15) is 0 Å². The Balaban J connectivity index is 2.45. The summed E-state index contributed by atoms with van der Waals surface area (Å²) in [6.45, 7) is 0. The van der Waals surface area contributed by atoms with Gasteiger partial charge in [0.25, 0.3) is 0 Å². The minimum Gasteiger partial charge on any atom is -0.0138 e. The predicted molar refractivity (Wildman–Crippen MR) is 36.3 cm³/mol. The molecule has 2 aliphatic rings. The molecule has 36 valence electrons. The zero-order chi connectivity index (χ0) is 4.69. The molecular formula is C5H7P2+. The lowest BCUT2D eigenvalue weighted by Crippen LogP contribution is -1.70. The molecule has 0 radical (unpaired) electrons. The third kappa shape index (κ3) is 0.581. The van der Waals surface area contributed by atoms with Crippen molar-refractivity contribution in [3.8, 4) is 0 Å². The summed E-state index contributed by atoms with van der Waals surface area (Å²) >= 11 is 0. The first-order valence-corrected chi connectivity index (χ1v) is 5.97. The van der Waals surface area contributed by atoms with Gasteiger partial charge in [0.15, 0.2) is 0 Å². The van der Waals surface area contributed by atoms with Crippen LogP contribution in [0.3, 0.4) is 0 Å². The SMILES string of the molecule is C1=C2CC[P+](=P1)C2. The normalized spacial score (nSPS) is 32.6. The first-order valence-electron chi connectivity index (χ1n) is 2.59. The van der Waals surface area contributed by atoms with Gasteiger partial charge >= 0.3 is 0 Å². The highest BCUT2D eigenvalue weighted by Gasteiger charge is 2.26. The summed E-state index contributed by atoms with van der Waals surface area (Å²) in [7, 11) is 2.18. The van der Waals surface area contributed by atoms with Gasteiger partial charge in [0.2, 0.25) is 0 Å². The number of rotatable bonds is 0. The van der Waals surface area contributed by atoms with Gasteiger partial charge in [-0.05, 0) is 5.57 Å². The summed E-state index contributed by atoms with van der Waals surface area (Å²) in [6, 6.07) is 0. The summed E-state index contributed by atoms with van der Waals surface area (Å²) < 4.78 is 0. The quantitative estimate of drug-likeness (QED) is 0.441. The van der Waals surface area contributed by atoms with E-state index in [0.29, 0.717) is 7.21 Å². The van der Waals surface area contributed by atoms with Crippen molar-refractivity contribution in [2.45, 2.75) is 6.42 Å². The maximum Gasteiger partial charge on any atom is 0.148 e. The molecule has 0 saturated carbocycles. The van der Waals surface area contributed by atoms with E-state index in [0.717, 1.165) is 0 Å². The predicted octanol–water partition coefficient (Wildman–Crippen LogP) is 2.63. The van der Waals surface area contributed by atoms with E-state index in [1.165, 1.54) is 12.6 Å². The second kappa shape index (κ2) is 1.41. The van der Waals surface area contributed by atoms with Crippen molar-refractivity contribution in [3.05, 3.63) is 11.4 Å². The van der Waals surface area contributed by atoms with Crippen LogP contribution in [-0.4, -0.2) is 12.3 Å². The molecule has 2 heterocycles. The molecule has 0 nitrogen and oxygen atoms in total. The van der Waals surface area contributed by atoms with E-state index in [-0.39, 0.29) is 0 Å². The van der Waals surface area contributed by atoms with Crippen molar-refractivity contribution < 1.29 is 0 Å². The summed E-state index contributed by atoms with van der Waals surface area (Å²) in [5, 5.41) is 0. The third-order valence-corrected chi connectivity index (χ3v) is 6.15. The molecule has 1 unspecified atom stereocenters. The number of allylic oxidation sites excluding steroid dienone is 1. The van der Waals surface area contributed by atoms with Crippen LogP contribution in [0, 0.1) is 0 Å². The van der Waals surface area contributed by atoms with Crippen LogP contribution in [0.5, 0.6) is 0 Å². The Kier molecular flexibility index (Phi) is 0.852. The molecule has 0 spiro atoms. The number of hydrogen-bond acceptors (Lipinski definition) is 0. The maximum absolute atomic E-state index is 2.43. The van der Waals surface area contributed by atoms with Gasteiger partial charge in [-0.3, -0.25) is 0 Å². The Morgan fingerprint density at radius 1 is 1.71 bits per heavy atom. The van der Waals surface area contributed by atoms with Crippen molar-refractivity contribution in [3.63, 3.8) is 0 Å². The molecule has 0 aromatic rings. The van der Waals surface area contributed by atoms with Gasteiger partial charge in [-0.25, -0.2) is 0 Å². The Morgan fingerprint density at radius 2 is 2.71 bits per heavy atom. The summed E-state index contributed by atoms with van der Waals surface area (Å²) in [4.78, 5) is 0. The maximum atomic E-state index is 2.43. The van der Waals surface area contributed by atoms with E-state index in [4.69, 9.17) is 0 Å². The van der Waals surface area contributed by atoms with Crippen LogP contribution in [-0.2, 0) is 0 Å². The van der Waals surface area contributed by atoms with E-state index < -0.39 is 0 Å². The largest absolute Gasteiger partial charge is 0.148 e. The molecule has 1 fully saturated rings. The van der Waals surface area contributed by atoms with Crippen LogP contribution < -0.4 is 0 Å². The zero-order valence-corrected chi connectivity index (χ0v) is 5.88. The van der Waals surface area contributed by atoms with Gasteiger partial charge in [0.1, 0.15) is 27.4 Å². The summed E-state index contributed by atoms with van der Waals surface area (Å²) in [5.41, 5.74) is 1.76. The molecule has 1 saturated heterocycles. The molecule has 0 aromatic carbocycles. The van der Waals surface area contributed by atoms with E-state index in [9.17, 15) is 0 Å². The Hall–Kier alpha value is 0.340. The number of fused-ring (bicyclic) bond motifs is 2. The second-order valence-electron chi connectivity index (χ2n) is 2.04. The lowest BCUT2D eigenvalue weighted by atomic mass is 10.3. The minimum absolute atomic E-state index is 0.511. The highest BCUT2D eigenvalue weighted by molar-refractivity contribution is 7.96. The van der Waals surface area contributed by atoms with Crippen LogP contribution in [0.4, 0.5) is 0 Å². The van der Waals surface area contributed by atoms with Gasteiger partial charge < -0.3 is 0 Å². The van der Waals surface area contributed by atoms with Crippen LogP contribution in [0.2, 0.25) is 0 Å². The lowest BCUT2D eigenvalue weighted by molar-refractivity contribution is 1.18. The Morgan fingerprint density at radius 3 is 2.86 bits per heavy atom. The van der Waals surface area contributed by atoms with Crippen molar-refractivity contribution in [2.24, 2.45) is 0 Å². The van der Waals surface area contributed by atoms with Gasteiger partial charge in [-0.1, -0.05) is 0 Å². The highest BCUT2D eigenvalue weighted by atomic mass is 31.8. The zero-order valence-electron chi connectivity index (χ0n) is 4.09. The van der Waals surface area contributed by atoms with Crippen molar-refractivity contribution >= 4 is 15.1 Å². The van der Waals surface area contributed by atoms with E-state index in [1.807, 2.05) is 0 Å². The van der Waals surface area contributed by atoms with Gasteiger partial charge in [0, 0.05) is 12.2 Å². The Labute approximate surface area is 46.0 Å². The first kappa shape index (κ1) is 4.24. The number of hydrogen-bond donors (Lipinski definition) is 0. The van der Waals surface area contributed by atoms with E-state index >= 15 is 0 Å². The fourth-order valence-corrected chi connectivity index (χ4v) is 5.76. The van der Waals surface area contributed by atoms with Crippen molar-refractivity contribution in [1.82, 2.24) is 0 Å². The molecule has 2 rings (SSSR count). The smallest absolute Gasteiger partial charge is 0.0138 e. The fraction of sp³-hybridized carbons (Fsp3) is 0.600. The summed E-state index contributed by atoms with van der Waals surface area (Å²) in [5.74, 6) is 2.43. The minimum atomic E-state index is 0.511. The standard InChI is InChI=1S/C5H7P2/c1-2-7-4-5(1)3-6-7/h3H,1-2,4H2/q+1. The van der Waals surface area contributed by atoms with Crippen LogP contribution in [0.15, 0.2) is 11.4 Å². The highest BCUT2D eigenvalue weighted by Crippen LogP contribution is 2.51. The molecular weight excluding hydrogens is 122 g/mol. The molecule has 2 heteroatoms. The second-order valence-corrected chi connectivity index (χ2v) is 6.70. The van der Waals surface area contributed by atoms with Gasteiger partial charge in [-0.15, -0.1) is 0 Å². The fourth-order valence-electron chi connectivity index (χ4n) is 1.03. The van der Waals surface area contributed by atoms with Crippen LogP contribution in [0.25, 0.3) is 0 Å². The third-order valence-electron chi connectivity index (χ3n) is 1.48. The molecule has 1 atom stereocenters. The molecule has 2 bridgehead atoms. The van der Waals surface area contributed by atoms with E-state index in [2.05, 4.69) is 5.82 Å². The van der Waals surface area contributed by atoms with E-state index in [1.54, 1.807) is 19.6 Å². The summed E-state index contributed by atoms with van der Waals surface area (Å²) in [6.07, 6.45) is 4.48. The Bertz CT molecular complexity index is 137. The topological polar surface area (TPSA) is 0 Å². The van der Waals surface area contributed by atoms with Crippen LogP contribution in [0.1, 0.15) is 6.42 Å². The first-order chi connectivity index (χ1) is 3.45. The molecule has 0 amide bonds. The molecule has 0 N–H and O–H groups in total. The van der Waals surface area contributed by atoms with Crippen molar-refractivity contribution in [2.75, 3.05) is 12.3 Å². The molecule has 2 aliphatic heterocycles. The molecule has 0 aliphatic carbocycles.